The van der Waals surface area contributed by atoms with Crippen molar-refractivity contribution in [1.29, 1.82) is 0 Å². The van der Waals surface area contributed by atoms with E-state index in [0.29, 0.717) is 9.92 Å². The molecule has 5 rings (SSSR count). The van der Waals surface area contributed by atoms with Crippen LogP contribution in [0.3, 0.4) is 0 Å². The van der Waals surface area contributed by atoms with Gasteiger partial charge in [0.2, 0.25) is 0 Å². The quantitative estimate of drug-likeness (QED) is 0.364. The van der Waals surface area contributed by atoms with Crippen molar-refractivity contribution in [2.24, 2.45) is 0 Å². The predicted molar refractivity (Wildman–Crippen MR) is 121 cm³/mol. The van der Waals surface area contributed by atoms with Crippen LogP contribution >= 0.6 is 23.4 Å². The molecule has 0 aliphatic carbocycles. The number of halogens is 1. The fourth-order valence-electron chi connectivity index (χ4n) is 3.51. The highest BCUT2D eigenvalue weighted by Crippen LogP contribution is 2.39. The van der Waals surface area contributed by atoms with Crippen molar-refractivity contribution in [1.82, 2.24) is 9.97 Å². The van der Waals surface area contributed by atoms with Crippen molar-refractivity contribution in [2.75, 3.05) is 0 Å². The molecule has 2 heterocycles. The summed E-state index contributed by atoms with van der Waals surface area (Å²) in [5.74, 6) is 0. The maximum Gasteiger partial charge on any atom is 0.263 e. The van der Waals surface area contributed by atoms with Gasteiger partial charge in [0, 0.05) is 33.1 Å². The normalized spacial score (nSPS) is 11.2. The molecule has 0 spiro atoms. The number of pyridine rings is 2. The van der Waals surface area contributed by atoms with Crippen LogP contribution in [-0.2, 0) is 0 Å². The van der Waals surface area contributed by atoms with Gasteiger partial charge in [-0.1, -0.05) is 78.0 Å². The largest absolute Gasteiger partial charge is 0.321 e. The lowest BCUT2D eigenvalue weighted by Gasteiger charge is -2.13. The highest BCUT2D eigenvalue weighted by Gasteiger charge is 2.17. The van der Waals surface area contributed by atoms with E-state index in [0.717, 1.165) is 37.8 Å². The van der Waals surface area contributed by atoms with Crippen molar-refractivity contribution in [3.63, 3.8) is 0 Å². The van der Waals surface area contributed by atoms with Gasteiger partial charge >= 0.3 is 0 Å². The first-order valence-electron chi connectivity index (χ1n) is 9.13. The minimum atomic E-state index is -0.140. The van der Waals surface area contributed by atoms with Gasteiger partial charge in [-0.05, 0) is 35.2 Å². The molecule has 29 heavy (non-hydrogen) atoms. The maximum absolute atomic E-state index is 13.1. The second-order valence-corrected chi connectivity index (χ2v) is 8.09. The van der Waals surface area contributed by atoms with Crippen LogP contribution in [0.2, 0.25) is 5.02 Å². The summed E-state index contributed by atoms with van der Waals surface area (Å²) in [5, 5.41) is 4.44. The Kier molecular flexibility index (Phi) is 4.58. The predicted octanol–water partition coefficient (Wildman–Crippen LogP) is 6.55. The number of H-pyrrole nitrogens is 1. The first-order valence-corrected chi connectivity index (χ1v) is 10.3. The first kappa shape index (κ1) is 18.0. The average molecular weight is 415 g/mol. The van der Waals surface area contributed by atoms with Gasteiger partial charge in [-0.2, -0.15) is 0 Å². The van der Waals surface area contributed by atoms with Crippen LogP contribution in [0, 0.1) is 0 Å². The highest BCUT2D eigenvalue weighted by atomic mass is 35.5. The van der Waals surface area contributed by atoms with Crippen molar-refractivity contribution < 1.29 is 0 Å². The number of nitrogens with one attached hydrogen (secondary N) is 1. The summed E-state index contributed by atoms with van der Waals surface area (Å²) in [4.78, 5) is 21.3. The Labute approximate surface area is 176 Å². The summed E-state index contributed by atoms with van der Waals surface area (Å²) in [7, 11) is 0. The molecular weight excluding hydrogens is 400 g/mol. The van der Waals surface area contributed by atoms with Crippen LogP contribution in [-0.4, -0.2) is 9.97 Å². The molecule has 1 N–H and O–H groups in total. The second kappa shape index (κ2) is 7.39. The molecule has 140 valence electrons. The molecule has 3 aromatic carbocycles. The molecule has 0 atom stereocenters. The molecule has 2 aromatic heterocycles. The molecule has 5 aromatic rings. The molecule has 0 unspecified atom stereocenters. The summed E-state index contributed by atoms with van der Waals surface area (Å²) >= 11 is 7.69. The van der Waals surface area contributed by atoms with Crippen molar-refractivity contribution >= 4 is 45.0 Å². The average Bonchev–Trinajstić information content (AvgIpc) is 2.75. The summed E-state index contributed by atoms with van der Waals surface area (Å²) < 4.78 is 0. The number of rotatable bonds is 3. The molecule has 0 aliphatic rings. The minimum absolute atomic E-state index is 0.140. The van der Waals surface area contributed by atoms with Gasteiger partial charge in [0.05, 0.1) is 4.90 Å². The third kappa shape index (κ3) is 3.31. The minimum Gasteiger partial charge on any atom is -0.321 e. The molecule has 0 aliphatic heterocycles. The van der Waals surface area contributed by atoms with Crippen LogP contribution in [0.1, 0.15) is 0 Å². The van der Waals surface area contributed by atoms with E-state index in [9.17, 15) is 4.79 Å². The SMILES string of the molecule is O=c1[nH]c2ccc(Cl)cc2c(-c2ccccc2)c1Sc1nccc2ccccc12. The van der Waals surface area contributed by atoms with E-state index >= 15 is 0 Å². The van der Waals surface area contributed by atoms with Gasteiger partial charge in [0.15, 0.2) is 0 Å². The molecular formula is C24H15ClN2OS. The van der Waals surface area contributed by atoms with Crippen molar-refractivity contribution in [2.45, 2.75) is 9.92 Å². The Morgan fingerprint density at radius 1 is 0.862 bits per heavy atom. The molecule has 0 amide bonds. The van der Waals surface area contributed by atoms with E-state index < -0.39 is 0 Å². The molecule has 0 saturated heterocycles. The zero-order valence-corrected chi connectivity index (χ0v) is 16.8. The fraction of sp³-hybridized carbons (Fsp3) is 0. The van der Waals surface area contributed by atoms with Gasteiger partial charge in [-0.3, -0.25) is 4.79 Å². The third-order valence-corrected chi connectivity index (χ3v) is 6.18. The Morgan fingerprint density at radius 3 is 2.52 bits per heavy atom. The molecule has 0 bridgehead atoms. The van der Waals surface area contributed by atoms with Gasteiger partial charge in [-0.15, -0.1) is 0 Å². The lowest BCUT2D eigenvalue weighted by Crippen LogP contribution is -2.10. The Balaban J connectivity index is 1.81. The van der Waals surface area contributed by atoms with Gasteiger partial charge in [0.1, 0.15) is 5.03 Å². The second-order valence-electron chi connectivity index (χ2n) is 6.65. The molecule has 0 saturated carbocycles. The summed E-state index contributed by atoms with van der Waals surface area (Å²) in [5.41, 5.74) is 2.45. The van der Waals surface area contributed by atoms with E-state index in [1.54, 1.807) is 12.3 Å². The number of benzene rings is 3. The van der Waals surface area contributed by atoms with Gasteiger partial charge < -0.3 is 4.98 Å². The Bertz CT molecular complexity index is 1410. The van der Waals surface area contributed by atoms with Crippen LogP contribution < -0.4 is 5.56 Å². The number of nitrogens with zero attached hydrogens (tertiary/aromatic N) is 1. The number of hydrogen-bond acceptors (Lipinski definition) is 3. The van der Waals surface area contributed by atoms with Gasteiger partial charge in [-0.25, -0.2) is 4.98 Å². The Hall–Kier alpha value is -3.08. The molecule has 0 fully saturated rings. The summed E-state index contributed by atoms with van der Waals surface area (Å²) in [6.07, 6.45) is 1.78. The van der Waals surface area contributed by atoms with E-state index in [-0.39, 0.29) is 5.56 Å². The summed E-state index contributed by atoms with van der Waals surface area (Å²) in [6.45, 7) is 0. The lowest BCUT2D eigenvalue weighted by molar-refractivity contribution is 1.15. The van der Waals surface area contributed by atoms with E-state index in [1.807, 2.05) is 72.8 Å². The highest BCUT2D eigenvalue weighted by molar-refractivity contribution is 7.99. The monoisotopic (exact) mass is 414 g/mol. The number of aromatic amines is 1. The number of fused-ring (bicyclic) bond motifs is 2. The number of aromatic nitrogens is 2. The van der Waals surface area contributed by atoms with E-state index in [4.69, 9.17) is 11.6 Å². The molecule has 5 heteroatoms. The van der Waals surface area contributed by atoms with E-state index in [2.05, 4.69) is 9.97 Å². The fourth-order valence-corrected chi connectivity index (χ4v) is 4.75. The van der Waals surface area contributed by atoms with Crippen molar-refractivity contribution in [3.8, 4) is 11.1 Å². The lowest BCUT2D eigenvalue weighted by atomic mass is 10.0. The van der Waals surface area contributed by atoms with Crippen LogP contribution in [0.4, 0.5) is 0 Å². The van der Waals surface area contributed by atoms with Crippen LogP contribution in [0.5, 0.6) is 0 Å². The zero-order valence-electron chi connectivity index (χ0n) is 15.2. The maximum atomic E-state index is 13.1. The Morgan fingerprint density at radius 2 is 1.66 bits per heavy atom. The zero-order chi connectivity index (χ0) is 19.8. The number of hydrogen-bond donors (Lipinski definition) is 1. The van der Waals surface area contributed by atoms with Crippen molar-refractivity contribution in [3.05, 3.63) is 100 Å². The third-order valence-electron chi connectivity index (χ3n) is 4.83. The van der Waals surface area contributed by atoms with Crippen LogP contribution in [0.25, 0.3) is 32.8 Å². The standard InChI is InChI=1S/C24H15ClN2OS/c25-17-10-11-20-19(14-17)21(16-7-2-1-3-8-16)22(23(28)27-20)29-24-18-9-5-4-6-15(18)12-13-26-24/h1-14H,(H,27,28). The van der Waals surface area contributed by atoms with Crippen LogP contribution in [0.15, 0.2) is 99.8 Å². The molecule has 0 radical (unpaired) electrons. The smallest absolute Gasteiger partial charge is 0.263 e. The van der Waals surface area contributed by atoms with Gasteiger partial charge in [0.25, 0.3) is 5.56 Å². The summed E-state index contributed by atoms with van der Waals surface area (Å²) in [6, 6.07) is 25.5. The topological polar surface area (TPSA) is 45.8 Å². The van der Waals surface area contributed by atoms with E-state index in [1.165, 1.54) is 11.8 Å². The molecule has 3 nitrogen and oxygen atoms in total. The first-order chi connectivity index (χ1) is 14.2.